The third-order valence-electron chi connectivity index (χ3n) is 3.91. The van der Waals surface area contributed by atoms with E-state index >= 15 is 0 Å². The number of benzene rings is 2. The number of nitrogens with one attached hydrogen (secondary N) is 1. The first kappa shape index (κ1) is 26.7. The molecule has 3 rings (SSSR count). The Morgan fingerprint density at radius 1 is 1.15 bits per heavy atom. The van der Waals surface area contributed by atoms with Crippen LogP contribution in [-0.2, 0) is 37.2 Å². The Balaban J connectivity index is 0.00000187. The Labute approximate surface area is 213 Å². The minimum atomic E-state index is -3.97. The summed E-state index contributed by atoms with van der Waals surface area (Å²) in [6.45, 7) is 1.77. The zero-order valence-corrected chi connectivity index (χ0v) is 21.0. The van der Waals surface area contributed by atoms with E-state index < -0.39 is 16.0 Å². The predicted molar refractivity (Wildman–Crippen MR) is 132 cm³/mol. The van der Waals surface area contributed by atoms with Crippen molar-refractivity contribution >= 4 is 73.7 Å². The van der Waals surface area contributed by atoms with Crippen LogP contribution in [0.3, 0.4) is 0 Å². The van der Waals surface area contributed by atoms with Crippen LogP contribution in [0, 0.1) is 5.41 Å². The van der Waals surface area contributed by atoms with Gasteiger partial charge < -0.3 is 24.1 Å². The van der Waals surface area contributed by atoms with Crippen molar-refractivity contribution in [3.8, 4) is 0 Å². The van der Waals surface area contributed by atoms with Gasteiger partial charge in [0.25, 0.3) is 10.0 Å². The number of guanidine groups is 1. The van der Waals surface area contributed by atoms with Crippen molar-refractivity contribution in [2.45, 2.75) is 11.8 Å². The van der Waals surface area contributed by atoms with Gasteiger partial charge in [-0.1, -0.05) is 18.2 Å². The van der Waals surface area contributed by atoms with Gasteiger partial charge in [0.2, 0.25) is 5.96 Å². The number of anilines is 1. The molecule has 2 aromatic rings. The Morgan fingerprint density at radius 2 is 1.76 bits per heavy atom. The number of rotatable bonds is 6. The molecule has 15 heteroatoms. The summed E-state index contributed by atoms with van der Waals surface area (Å²) in [5.74, 6) is -0.390. The third kappa shape index (κ3) is 6.99. The van der Waals surface area contributed by atoms with Gasteiger partial charge in [0.15, 0.2) is 5.84 Å². The molecule has 1 aliphatic rings. The SMILES string of the molecule is CC1=NN(c2ccccc2)C(=N)/C1=C(/[S-])SN=Nc1ccc(S(=O)(=O)N=C(N)N)cc1.[Cl][Ni]. The van der Waals surface area contributed by atoms with Crippen molar-refractivity contribution in [2.24, 2.45) is 30.6 Å². The molecule has 2 aromatic carbocycles. The fraction of sp³-hybridized carbons (Fsp3) is 0.0556. The van der Waals surface area contributed by atoms with Gasteiger partial charge in [-0.15, -0.1) is 18.3 Å². The maximum atomic E-state index is 11.9. The molecule has 0 saturated carbocycles. The van der Waals surface area contributed by atoms with E-state index in [0.29, 0.717) is 21.2 Å². The number of hydrogen-bond donors (Lipinski definition) is 3. The van der Waals surface area contributed by atoms with Crippen LogP contribution in [-0.4, -0.2) is 25.9 Å². The van der Waals surface area contributed by atoms with Crippen molar-refractivity contribution in [1.82, 2.24) is 0 Å². The van der Waals surface area contributed by atoms with Crippen molar-refractivity contribution in [3.63, 3.8) is 0 Å². The Morgan fingerprint density at radius 3 is 2.33 bits per heavy atom. The summed E-state index contributed by atoms with van der Waals surface area (Å²) in [7, 11) is 0.297. The number of nitrogens with two attached hydrogens (primary N) is 2. The van der Waals surface area contributed by atoms with E-state index in [1.54, 1.807) is 6.92 Å². The van der Waals surface area contributed by atoms with Crippen LogP contribution in [0.2, 0.25) is 0 Å². The number of para-hydroxylation sites is 1. The monoisotopic (exact) mass is 566 g/mol. The molecule has 10 nitrogen and oxygen atoms in total. The van der Waals surface area contributed by atoms with Gasteiger partial charge in [0.1, 0.15) is 0 Å². The van der Waals surface area contributed by atoms with Gasteiger partial charge in [-0.3, -0.25) is 5.41 Å². The van der Waals surface area contributed by atoms with Crippen LogP contribution in [0.15, 0.2) is 88.4 Å². The van der Waals surface area contributed by atoms with E-state index in [0.717, 1.165) is 17.6 Å². The zero-order valence-electron chi connectivity index (χ0n) is 16.8. The molecule has 0 spiro atoms. The number of amidine groups is 1. The molecule has 33 heavy (non-hydrogen) atoms. The maximum absolute atomic E-state index is 11.9. The van der Waals surface area contributed by atoms with Crippen molar-refractivity contribution in [1.29, 1.82) is 5.41 Å². The summed E-state index contributed by atoms with van der Waals surface area (Å²) in [5.41, 5.74) is 12.5. The van der Waals surface area contributed by atoms with Gasteiger partial charge in [-0.05, 0) is 43.3 Å². The average molecular weight is 568 g/mol. The van der Waals surface area contributed by atoms with Crippen LogP contribution < -0.4 is 16.5 Å². The van der Waals surface area contributed by atoms with Crippen molar-refractivity contribution in [2.75, 3.05) is 5.01 Å². The summed E-state index contributed by atoms with van der Waals surface area (Å²) in [4.78, 5) is -0.0779. The van der Waals surface area contributed by atoms with Gasteiger partial charge >= 0.3 is 24.8 Å². The molecule has 0 unspecified atom stereocenters. The topological polar surface area (TPSA) is 163 Å². The molecule has 0 amide bonds. The van der Waals surface area contributed by atoms with E-state index in [4.69, 9.17) is 29.5 Å². The summed E-state index contributed by atoms with van der Waals surface area (Å²) in [5, 5.41) is 18.3. The summed E-state index contributed by atoms with van der Waals surface area (Å²) >= 11 is 9.67. The number of hydrogen-bond acceptors (Lipinski definition) is 8. The molecule has 0 aliphatic carbocycles. The van der Waals surface area contributed by atoms with Gasteiger partial charge in [0, 0.05) is 17.5 Å². The van der Waals surface area contributed by atoms with E-state index in [1.165, 1.54) is 29.3 Å². The second kappa shape index (κ2) is 12.1. The Bertz CT molecular complexity index is 1230. The molecular formula is C18H17ClN8NiO2S3-. The molecule has 1 heterocycles. The van der Waals surface area contributed by atoms with E-state index in [1.807, 2.05) is 30.3 Å². The molecule has 1 aliphatic heterocycles. The van der Waals surface area contributed by atoms with Crippen LogP contribution >= 0.6 is 22.1 Å². The fourth-order valence-corrected chi connectivity index (χ4v) is 4.31. The summed E-state index contributed by atoms with van der Waals surface area (Å²) in [6.07, 6.45) is 0. The second-order valence-corrected chi connectivity index (χ2v) is 9.13. The number of hydrazone groups is 1. The molecule has 0 fully saturated rings. The first-order valence-electron chi connectivity index (χ1n) is 8.76. The minimum absolute atomic E-state index is 0.0779. The van der Waals surface area contributed by atoms with Crippen LogP contribution in [0.5, 0.6) is 0 Å². The molecule has 0 saturated heterocycles. The van der Waals surface area contributed by atoms with Gasteiger partial charge in [0.05, 0.1) is 22.0 Å². The second-order valence-electron chi connectivity index (χ2n) is 6.10. The first-order valence-corrected chi connectivity index (χ1v) is 12.7. The Hall–Kier alpha value is -2.51. The molecule has 0 aromatic heterocycles. The number of nitrogens with zero attached hydrogens (tertiary/aromatic N) is 5. The molecule has 0 atom stereocenters. The van der Waals surface area contributed by atoms with Crippen molar-refractivity contribution in [3.05, 3.63) is 64.4 Å². The Kier molecular flexibility index (Phi) is 9.80. The van der Waals surface area contributed by atoms with E-state index in [-0.39, 0.29) is 10.7 Å². The number of halogens is 1. The molecule has 0 bridgehead atoms. The van der Waals surface area contributed by atoms with Crippen LogP contribution in [0.25, 0.3) is 0 Å². The average Bonchev–Trinajstić information content (AvgIpc) is 3.09. The first-order chi connectivity index (χ1) is 15.7. The van der Waals surface area contributed by atoms with Gasteiger partial charge in [-0.2, -0.15) is 13.5 Å². The standard InChI is InChI=1S/C18H18N8O2S3.ClH.Ni/c1-11-15(16(19)26(23-11)13-5-3-2-4-6-13)17(29)30-25-22-12-7-9-14(10-8-12)31(27,28)24-18(20)21;;/h2-10,19,29H,1H3,(H4,20,21,24);1H;/q;;+1/p-2/b17-15-,19-16?,25-22?;;. The zero-order chi connectivity index (χ0) is 24.6. The summed E-state index contributed by atoms with van der Waals surface area (Å²) in [6, 6.07) is 14.8. The van der Waals surface area contributed by atoms with Gasteiger partial charge in [-0.25, -0.2) is 5.01 Å². The van der Waals surface area contributed by atoms with E-state index in [9.17, 15) is 8.42 Å². The molecular weight excluding hydrogens is 551 g/mol. The predicted octanol–water partition coefficient (Wildman–Crippen LogP) is 3.70. The third-order valence-corrected chi connectivity index (χ3v) is 6.19. The molecule has 177 valence electrons. The van der Waals surface area contributed by atoms with Crippen LogP contribution in [0.1, 0.15) is 6.92 Å². The van der Waals surface area contributed by atoms with Crippen molar-refractivity contribution < 1.29 is 23.0 Å². The quantitative estimate of drug-likeness (QED) is 0.120. The molecule has 5 N–H and O–H groups in total. The normalized spacial score (nSPS) is 15.1. The molecule has 0 radical (unpaired) electrons. The van der Waals surface area contributed by atoms with E-state index in [2.05, 4.69) is 43.9 Å². The number of sulfonamides is 1. The fourth-order valence-electron chi connectivity index (χ4n) is 2.55. The summed E-state index contributed by atoms with van der Waals surface area (Å²) < 4.78 is 31.4. The van der Waals surface area contributed by atoms with Crippen LogP contribution in [0.4, 0.5) is 11.4 Å².